The molecule has 0 aliphatic carbocycles. The summed E-state index contributed by atoms with van der Waals surface area (Å²) >= 11 is 0. The molecular formula is C25H40ClNO4. The van der Waals surface area contributed by atoms with Crippen LogP contribution in [-0.2, 0) is 19.9 Å². The van der Waals surface area contributed by atoms with Crippen LogP contribution < -0.4 is 23.2 Å². The van der Waals surface area contributed by atoms with Crippen LogP contribution in [0.2, 0.25) is 0 Å². The van der Waals surface area contributed by atoms with Crippen LogP contribution in [-0.4, -0.2) is 0 Å². The van der Waals surface area contributed by atoms with E-state index in [1.165, 1.54) is 94.4 Å². The SMILES string of the molecule is CCCCCCCCc1c(CCCCCCC)cc2ccccc2[n+]1C.[O-][Cl+3]([O-])([O-])[O-]. The predicted molar refractivity (Wildman–Crippen MR) is 115 cm³/mol. The van der Waals surface area contributed by atoms with Crippen LogP contribution in [0, 0.1) is 10.2 Å². The second-order valence-electron chi connectivity index (χ2n) is 8.29. The van der Waals surface area contributed by atoms with Crippen molar-refractivity contribution in [1.82, 2.24) is 0 Å². The first kappa shape index (κ1) is 27.8. The smallest absolute Gasteiger partial charge is 0.212 e. The van der Waals surface area contributed by atoms with Crippen molar-refractivity contribution in [1.29, 1.82) is 0 Å². The van der Waals surface area contributed by atoms with Gasteiger partial charge in [-0.25, -0.2) is 18.6 Å². The van der Waals surface area contributed by atoms with Crippen LogP contribution >= 0.6 is 0 Å². The van der Waals surface area contributed by atoms with Crippen molar-refractivity contribution < 1.29 is 33.4 Å². The van der Waals surface area contributed by atoms with Crippen LogP contribution in [0.4, 0.5) is 0 Å². The molecule has 0 atom stereocenters. The maximum atomic E-state index is 8.49. The highest BCUT2D eigenvalue weighted by Gasteiger charge is 2.17. The monoisotopic (exact) mass is 453 g/mol. The molecule has 0 saturated carbocycles. The Kier molecular flexibility index (Phi) is 13.9. The van der Waals surface area contributed by atoms with Gasteiger partial charge < -0.3 is 0 Å². The predicted octanol–water partition coefficient (Wildman–Crippen LogP) is 2.32. The number of rotatable bonds is 13. The molecule has 1 heterocycles. The molecule has 6 heteroatoms. The molecule has 5 nitrogen and oxygen atoms in total. The molecule has 2 rings (SSSR count). The minimum atomic E-state index is -4.94. The molecule has 0 aliphatic rings. The summed E-state index contributed by atoms with van der Waals surface area (Å²) in [5.41, 5.74) is 4.55. The van der Waals surface area contributed by atoms with Crippen molar-refractivity contribution in [3.63, 3.8) is 0 Å². The van der Waals surface area contributed by atoms with E-state index in [1.807, 2.05) is 0 Å². The maximum Gasteiger partial charge on any atom is 0.212 e. The Labute approximate surface area is 190 Å². The topological polar surface area (TPSA) is 96.1 Å². The van der Waals surface area contributed by atoms with E-state index in [1.54, 1.807) is 11.3 Å². The summed E-state index contributed by atoms with van der Waals surface area (Å²) in [7, 11) is -2.67. The van der Waals surface area contributed by atoms with Gasteiger partial charge in [0.2, 0.25) is 5.52 Å². The Morgan fingerprint density at radius 3 is 1.77 bits per heavy atom. The van der Waals surface area contributed by atoms with E-state index in [9.17, 15) is 0 Å². The van der Waals surface area contributed by atoms with Crippen LogP contribution in [0.1, 0.15) is 95.7 Å². The first-order valence-electron chi connectivity index (χ1n) is 11.8. The van der Waals surface area contributed by atoms with Gasteiger partial charge >= 0.3 is 0 Å². The van der Waals surface area contributed by atoms with Crippen LogP contribution in [0.3, 0.4) is 0 Å². The Morgan fingerprint density at radius 1 is 0.710 bits per heavy atom. The lowest BCUT2D eigenvalue weighted by Gasteiger charge is -2.17. The summed E-state index contributed by atoms with van der Waals surface area (Å²) < 4.78 is 36.4. The molecule has 0 amide bonds. The van der Waals surface area contributed by atoms with Crippen LogP contribution in [0.25, 0.3) is 10.9 Å². The average Bonchev–Trinajstić information content (AvgIpc) is 2.71. The number of pyridine rings is 1. The van der Waals surface area contributed by atoms with Gasteiger partial charge in [0, 0.05) is 23.4 Å². The van der Waals surface area contributed by atoms with E-state index in [2.05, 4.69) is 55.8 Å². The minimum Gasteiger partial charge on any atom is -0.222 e. The van der Waals surface area contributed by atoms with Crippen molar-refractivity contribution in [2.24, 2.45) is 7.05 Å². The Bertz CT molecular complexity index is 740. The van der Waals surface area contributed by atoms with E-state index in [-0.39, 0.29) is 0 Å². The van der Waals surface area contributed by atoms with Crippen LogP contribution in [0.5, 0.6) is 0 Å². The molecule has 0 N–H and O–H groups in total. The fraction of sp³-hybridized carbons (Fsp3) is 0.640. The Morgan fingerprint density at radius 2 is 1.19 bits per heavy atom. The third kappa shape index (κ3) is 12.4. The van der Waals surface area contributed by atoms with Gasteiger partial charge in [-0.15, -0.1) is 10.2 Å². The number of fused-ring (bicyclic) bond motifs is 1. The second kappa shape index (κ2) is 15.5. The first-order chi connectivity index (χ1) is 14.8. The summed E-state index contributed by atoms with van der Waals surface area (Å²) in [6.07, 6.45) is 17.5. The molecule has 1 aromatic heterocycles. The summed E-state index contributed by atoms with van der Waals surface area (Å²) in [5.74, 6) is 0. The number of halogens is 1. The molecule has 176 valence electrons. The molecule has 0 unspecified atom stereocenters. The van der Waals surface area contributed by atoms with Crippen molar-refractivity contribution in [3.05, 3.63) is 41.6 Å². The molecule has 31 heavy (non-hydrogen) atoms. The molecular weight excluding hydrogens is 414 g/mol. The van der Waals surface area contributed by atoms with Crippen molar-refractivity contribution in [2.45, 2.75) is 97.3 Å². The standard InChI is InChI=1S/C25H40N.ClHO4/c1-4-6-8-10-12-14-19-24-22(17-13-11-9-7-5-2)21-23-18-15-16-20-25(23)26(24)3;2-1(3,4)5/h15-16,18,20-21H,4-14,17,19H2,1-3H3;(H,2,3,4,5)/q+1;/p-1. The van der Waals surface area contributed by atoms with Crippen molar-refractivity contribution in [2.75, 3.05) is 0 Å². The summed E-state index contributed by atoms with van der Waals surface area (Å²) in [6.45, 7) is 4.59. The van der Waals surface area contributed by atoms with Crippen molar-refractivity contribution in [3.8, 4) is 0 Å². The van der Waals surface area contributed by atoms with E-state index >= 15 is 0 Å². The van der Waals surface area contributed by atoms with Gasteiger partial charge in [-0.3, -0.25) is 0 Å². The van der Waals surface area contributed by atoms with Gasteiger partial charge in [0.05, 0.1) is 0 Å². The van der Waals surface area contributed by atoms with E-state index < -0.39 is 10.2 Å². The molecule has 1 aromatic carbocycles. The van der Waals surface area contributed by atoms with Gasteiger partial charge in [0.25, 0.3) is 0 Å². The van der Waals surface area contributed by atoms with Crippen molar-refractivity contribution >= 4 is 10.9 Å². The number of unbranched alkanes of at least 4 members (excludes halogenated alkanes) is 9. The van der Waals surface area contributed by atoms with Gasteiger partial charge in [0.1, 0.15) is 7.05 Å². The normalized spacial score (nSPS) is 11.5. The third-order valence-corrected chi connectivity index (χ3v) is 5.72. The van der Waals surface area contributed by atoms with E-state index in [0.717, 1.165) is 0 Å². The lowest BCUT2D eigenvalue weighted by molar-refractivity contribution is -2.00. The third-order valence-electron chi connectivity index (χ3n) is 5.72. The number of para-hydroxylation sites is 1. The zero-order valence-electron chi connectivity index (χ0n) is 19.5. The lowest BCUT2D eigenvalue weighted by atomic mass is 9.98. The highest BCUT2D eigenvalue weighted by atomic mass is 35.7. The van der Waals surface area contributed by atoms with Gasteiger partial charge in [-0.05, 0) is 31.4 Å². The van der Waals surface area contributed by atoms with E-state index in [4.69, 9.17) is 18.6 Å². The van der Waals surface area contributed by atoms with Gasteiger partial charge in [-0.2, -0.15) is 4.57 Å². The zero-order chi connectivity index (χ0) is 23.1. The molecule has 0 radical (unpaired) electrons. The number of hydrogen-bond donors (Lipinski definition) is 0. The Balaban J connectivity index is 0.000000861. The molecule has 0 aliphatic heterocycles. The van der Waals surface area contributed by atoms with Gasteiger partial charge in [-0.1, -0.05) is 83.8 Å². The fourth-order valence-electron chi connectivity index (χ4n) is 4.08. The summed E-state index contributed by atoms with van der Waals surface area (Å²) in [5, 5.41) is 1.39. The number of aryl methyl sites for hydroxylation is 2. The Hall–Kier alpha value is -1.24. The number of aromatic nitrogens is 1. The lowest BCUT2D eigenvalue weighted by Crippen LogP contribution is -2.68. The molecule has 2 aromatic rings. The highest BCUT2D eigenvalue weighted by molar-refractivity contribution is 5.76. The highest BCUT2D eigenvalue weighted by Crippen LogP contribution is 2.20. The molecule has 0 bridgehead atoms. The number of benzene rings is 1. The summed E-state index contributed by atoms with van der Waals surface area (Å²) in [4.78, 5) is 0. The summed E-state index contributed by atoms with van der Waals surface area (Å²) in [6, 6.07) is 11.3. The average molecular weight is 454 g/mol. The molecule has 0 fully saturated rings. The molecule has 0 saturated heterocycles. The number of nitrogens with zero attached hydrogens (tertiary/aromatic N) is 1. The minimum absolute atomic E-state index is 1.23. The first-order valence-corrected chi connectivity index (χ1v) is 13.0. The molecule has 0 spiro atoms. The largest absolute Gasteiger partial charge is 0.222 e. The maximum absolute atomic E-state index is 8.49. The zero-order valence-corrected chi connectivity index (χ0v) is 20.3. The number of hydrogen-bond acceptors (Lipinski definition) is 4. The fourth-order valence-corrected chi connectivity index (χ4v) is 4.08. The van der Waals surface area contributed by atoms with Crippen LogP contribution in [0.15, 0.2) is 30.3 Å². The van der Waals surface area contributed by atoms with Gasteiger partial charge in [0.15, 0.2) is 5.69 Å². The van der Waals surface area contributed by atoms with E-state index in [0.29, 0.717) is 0 Å². The quantitative estimate of drug-likeness (QED) is 0.343. The second-order valence-corrected chi connectivity index (χ2v) is 9.05.